The number of benzene rings is 1. The van der Waals surface area contributed by atoms with E-state index in [2.05, 4.69) is 4.74 Å². The molecule has 0 heterocycles. The minimum atomic E-state index is -0.194. The normalized spacial score (nSPS) is 10.1. The third kappa shape index (κ3) is 3.36. The van der Waals surface area contributed by atoms with Crippen LogP contribution in [0, 0.1) is 6.92 Å². The van der Waals surface area contributed by atoms with Crippen LogP contribution >= 0.6 is 0 Å². The van der Waals surface area contributed by atoms with E-state index in [0.717, 1.165) is 16.7 Å². The lowest BCUT2D eigenvalue weighted by Gasteiger charge is -2.06. The molecule has 0 radical (unpaired) electrons. The number of hydrogen-bond acceptors (Lipinski definition) is 3. The van der Waals surface area contributed by atoms with Gasteiger partial charge in [0.2, 0.25) is 0 Å². The van der Waals surface area contributed by atoms with E-state index < -0.39 is 0 Å². The zero-order valence-corrected chi connectivity index (χ0v) is 9.12. The van der Waals surface area contributed by atoms with E-state index in [1.54, 1.807) is 0 Å². The highest BCUT2D eigenvalue weighted by Gasteiger charge is 2.04. The van der Waals surface area contributed by atoms with Gasteiger partial charge in [0.1, 0.15) is 0 Å². The summed E-state index contributed by atoms with van der Waals surface area (Å²) >= 11 is 0. The second-order valence-corrected chi connectivity index (χ2v) is 3.50. The topological polar surface area (TPSA) is 46.5 Å². The molecule has 0 aliphatic heterocycles. The van der Waals surface area contributed by atoms with Gasteiger partial charge in [-0.05, 0) is 30.0 Å². The van der Waals surface area contributed by atoms with Gasteiger partial charge in [-0.25, -0.2) is 0 Å². The second-order valence-electron chi connectivity index (χ2n) is 3.50. The maximum atomic E-state index is 11.0. The minimum absolute atomic E-state index is 0.0537. The Bertz CT molecular complexity index is 345. The van der Waals surface area contributed by atoms with Gasteiger partial charge in [0.25, 0.3) is 0 Å². The van der Waals surface area contributed by atoms with Gasteiger partial charge in [-0.15, -0.1) is 0 Å². The highest BCUT2D eigenvalue weighted by atomic mass is 16.5. The van der Waals surface area contributed by atoms with E-state index in [9.17, 15) is 4.79 Å². The van der Waals surface area contributed by atoms with Gasteiger partial charge in [0.15, 0.2) is 0 Å². The molecule has 0 aromatic heterocycles. The smallest absolute Gasteiger partial charge is 0.305 e. The number of methoxy groups -OCH3 is 1. The molecule has 0 atom stereocenters. The lowest BCUT2D eigenvalue weighted by atomic mass is 10.0. The maximum absolute atomic E-state index is 11.0. The average Bonchev–Trinajstić information content (AvgIpc) is 2.26. The van der Waals surface area contributed by atoms with Gasteiger partial charge in [-0.3, -0.25) is 4.79 Å². The van der Waals surface area contributed by atoms with Crippen LogP contribution in [0.15, 0.2) is 18.2 Å². The first-order valence-corrected chi connectivity index (χ1v) is 4.93. The maximum Gasteiger partial charge on any atom is 0.305 e. The van der Waals surface area contributed by atoms with E-state index in [1.807, 2.05) is 25.1 Å². The van der Waals surface area contributed by atoms with Crippen LogP contribution in [0.1, 0.15) is 23.1 Å². The SMILES string of the molecule is COC(=O)CCc1ccc(CO)cc1C. The zero-order chi connectivity index (χ0) is 11.3. The van der Waals surface area contributed by atoms with E-state index in [1.165, 1.54) is 7.11 Å². The fraction of sp³-hybridized carbons (Fsp3) is 0.417. The lowest BCUT2D eigenvalue weighted by Crippen LogP contribution is -2.03. The lowest BCUT2D eigenvalue weighted by molar-refractivity contribution is -0.140. The Morgan fingerprint density at radius 3 is 2.73 bits per heavy atom. The predicted octanol–water partition coefficient (Wildman–Crippen LogP) is 1.59. The summed E-state index contributed by atoms with van der Waals surface area (Å²) in [6.07, 6.45) is 1.08. The first-order chi connectivity index (χ1) is 7.17. The molecule has 1 aromatic carbocycles. The summed E-state index contributed by atoms with van der Waals surface area (Å²) in [4.78, 5) is 11.0. The first-order valence-electron chi connectivity index (χ1n) is 4.93. The number of aliphatic hydroxyl groups excluding tert-OH is 1. The third-order valence-electron chi connectivity index (χ3n) is 2.42. The van der Waals surface area contributed by atoms with Crippen molar-refractivity contribution in [1.82, 2.24) is 0 Å². The summed E-state index contributed by atoms with van der Waals surface area (Å²) in [5.41, 5.74) is 3.12. The van der Waals surface area contributed by atoms with Crippen molar-refractivity contribution in [1.29, 1.82) is 0 Å². The molecule has 1 rings (SSSR count). The van der Waals surface area contributed by atoms with Crippen molar-refractivity contribution >= 4 is 5.97 Å². The average molecular weight is 208 g/mol. The first kappa shape index (κ1) is 11.7. The second kappa shape index (κ2) is 5.51. The van der Waals surface area contributed by atoms with Crippen LogP contribution in [-0.4, -0.2) is 18.2 Å². The van der Waals surface area contributed by atoms with E-state index in [4.69, 9.17) is 5.11 Å². The molecule has 0 aliphatic rings. The number of aryl methyl sites for hydroxylation is 2. The molecule has 0 fully saturated rings. The van der Waals surface area contributed by atoms with Crippen molar-refractivity contribution in [2.24, 2.45) is 0 Å². The molecule has 0 spiro atoms. The molecule has 3 nitrogen and oxygen atoms in total. The van der Waals surface area contributed by atoms with Crippen molar-refractivity contribution in [3.8, 4) is 0 Å². The molecule has 3 heteroatoms. The molecule has 1 N–H and O–H groups in total. The number of carbonyl (C=O) groups is 1. The Kier molecular flexibility index (Phi) is 4.31. The van der Waals surface area contributed by atoms with Crippen molar-refractivity contribution < 1.29 is 14.6 Å². The molecule has 0 saturated heterocycles. The van der Waals surface area contributed by atoms with Crippen molar-refractivity contribution in [2.75, 3.05) is 7.11 Å². The number of carbonyl (C=O) groups excluding carboxylic acids is 1. The van der Waals surface area contributed by atoms with Crippen molar-refractivity contribution in [2.45, 2.75) is 26.4 Å². The number of esters is 1. The van der Waals surface area contributed by atoms with Gasteiger partial charge in [-0.1, -0.05) is 18.2 Å². The molecule has 82 valence electrons. The van der Waals surface area contributed by atoms with E-state index >= 15 is 0 Å². The van der Waals surface area contributed by atoms with Crippen LogP contribution in [0.2, 0.25) is 0 Å². The molecule has 0 aliphatic carbocycles. The molecule has 0 amide bonds. The van der Waals surface area contributed by atoms with Crippen LogP contribution in [-0.2, 0) is 22.6 Å². The predicted molar refractivity (Wildman–Crippen MR) is 57.4 cm³/mol. The number of ether oxygens (including phenoxy) is 1. The molecule has 15 heavy (non-hydrogen) atoms. The fourth-order valence-electron chi connectivity index (χ4n) is 1.48. The van der Waals surface area contributed by atoms with Crippen LogP contribution in [0.3, 0.4) is 0 Å². The van der Waals surface area contributed by atoms with Gasteiger partial charge in [0.05, 0.1) is 13.7 Å². The summed E-state index contributed by atoms with van der Waals surface area (Å²) in [6, 6.07) is 5.76. The Labute approximate surface area is 89.7 Å². The monoisotopic (exact) mass is 208 g/mol. The Hall–Kier alpha value is -1.35. The highest BCUT2D eigenvalue weighted by Crippen LogP contribution is 2.13. The van der Waals surface area contributed by atoms with Crippen LogP contribution in [0.25, 0.3) is 0 Å². The molecular formula is C12H16O3. The number of aliphatic hydroxyl groups is 1. The standard InChI is InChI=1S/C12H16O3/c1-9-7-10(8-13)3-4-11(9)5-6-12(14)15-2/h3-4,7,13H,5-6,8H2,1-2H3. The van der Waals surface area contributed by atoms with Gasteiger partial charge >= 0.3 is 5.97 Å². The Morgan fingerprint density at radius 2 is 2.20 bits per heavy atom. The van der Waals surface area contributed by atoms with Crippen LogP contribution in [0.5, 0.6) is 0 Å². The largest absolute Gasteiger partial charge is 0.469 e. The minimum Gasteiger partial charge on any atom is -0.469 e. The number of rotatable bonds is 4. The van der Waals surface area contributed by atoms with Gasteiger partial charge in [-0.2, -0.15) is 0 Å². The van der Waals surface area contributed by atoms with E-state index in [0.29, 0.717) is 12.8 Å². The molecular weight excluding hydrogens is 192 g/mol. The quantitative estimate of drug-likeness (QED) is 0.764. The fourth-order valence-corrected chi connectivity index (χ4v) is 1.48. The number of hydrogen-bond donors (Lipinski definition) is 1. The Morgan fingerprint density at radius 1 is 1.47 bits per heavy atom. The molecule has 0 bridgehead atoms. The van der Waals surface area contributed by atoms with E-state index in [-0.39, 0.29) is 12.6 Å². The zero-order valence-electron chi connectivity index (χ0n) is 9.12. The molecule has 1 aromatic rings. The summed E-state index contributed by atoms with van der Waals surface area (Å²) in [6.45, 7) is 2.03. The van der Waals surface area contributed by atoms with Gasteiger partial charge < -0.3 is 9.84 Å². The summed E-state index contributed by atoms with van der Waals surface area (Å²) in [5, 5.41) is 8.94. The molecule has 0 unspecified atom stereocenters. The molecule has 0 saturated carbocycles. The summed E-state index contributed by atoms with van der Waals surface area (Å²) in [5.74, 6) is -0.194. The van der Waals surface area contributed by atoms with Crippen LogP contribution in [0.4, 0.5) is 0 Å². The summed E-state index contributed by atoms with van der Waals surface area (Å²) < 4.78 is 4.58. The van der Waals surface area contributed by atoms with Crippen LogP contribution < -0.4 is 0 Å². The Balaban J connectivity index is 2.66. The highest BCUT2D eigenvalue weighted by molar-refractivity contribution is 5.69. The van der Waals surface area contributed by atoms with Gasteiger partial charge in [0, 0.05) is 6.42 Å². The van der Waals surface area contributed by atoms with Crippen molar-refractivity contribution in [3.05, 3.63) is 34.9 Å². The summed E-state index contributed by atoms with van der Waals surface area (Å²) in [7, 11) is 1.39. The third-order valence-corrected chi connectivity index (χ3v) is 2.42. The van der Waals surface area contributed by atoms with Crippen molar-refractivity contribution in [3.63, 3.8) is 0 Å².